The fourth-order valence-corrected chi connectivity index (χ4v) is 4.63. The first kappa shape index (κ1) is 17.5. The van der Waals surface area contributed by atoms with E-state index in [2.05, 4.69) is 10.2 Å². The van der Waals surface area contributed by atoms with Gasteiger partial charge in [0.2, 0.25) is 0 Å². The molecule has 0 radical (unpaired) electrons. The van der Waals surface area contributed by atoms with Gasteiger partial charge in [0.05, 0.1) is 22.8 Å². The van der Waals surface area contributed by atoms with Gasteiger partial charge >= 0.3 is 0 Å². The number of halogens is 2. The van der Waals surface area contributed by atoms with Crippen LogP contribution < -0.4 is 10.0 Å². The second-order valence-corrected chi connectivity index (χ2v) is 8.22. The lowest BCUT2D eigenvalue weighted by atomic mass is 9.99. The minimum absolute atomic E-state index is 0.00902. The minimum Gasteiger partial charge on any atom is -0.364 e. The van der Waals surface area contributed by atoms with Crippen LogP contribution in [0.25, 0.3) is 11.3 Å². The Hall–Kier alpha value is -2.91. The number of H-pyrrole nitrogens is 1. The van der Waals surface area contributed by atoms with Crippen LogP contribution in [-0.4, -0.2) is 24.5 Å². The molecule has 1 aromatic heterocycles. The van der Waals surface area contributed by atoms with E-state index in [1.54, 1.807) is 0 Å². The summed E-state index contributed by atoms with van der Waals surface area (Å²) < 4.78 is 41.3. The molecule has 138 valence electrons. The predicted octanol–water partition coefficient (Wildman–Crippen LogP) is 2.68. The second-order valence-electron chi connectivity index (χ2n) is 5.92. The smallest absolute Gasteiger partial charge is 0.269 e. The number of nitrogens with zero attached hydrogens (tertiary/aromatic N) is 2. The lowest BCUT2D eigenvalue weighted by Crippen LogP contribution is -2.34. The monoisotopic (exact) mass is 406 g/mol. The van der Waals surface area contributed by atoms with Crippen molar-refractivity contribution in [2.24, 2.45) is 5.73 Å². The van der Waals surface area contributed by atoms with E-state index in [4.69, 9.17) is 17.3 Å². The highest BCUT2D eigenvalue weighted by atomic mass is 35.5. The summed E-state index contributed by atoms with van der Waals surface area (Å²) in [6, 6.07) is 9.39. The molecule has 1 aliphatic heterocycles. The molecule has 10 heteroatoms. The number of carbonyl (C=O) groups is 1. The third-order valence-corrected chi connectivity index (χ3v) is 6.33. The van der Waals surface area contributed by atoms with Crippen molar-refractivity contribution in [3.8, 4) is 11.3 Å². The van der Waals surface area contributed by atoms with Crippen LogP contribution in [0.15, 0.2) is 47.4 Å². The summed E-state index contributed by atoms with van der Waals surface area (Å²) in [5, 5.41) is 6.91. The topological polar surface area (TPSA) is 109 Å². The molecule has 2 aromatic carbocycles. The number of nitrogens with one attached hydrogen (secondary N) is 1. The Labute approximate surface area is 158 Å². The molecule has 1 amide bonds. The van der Waals surface area contributed by atoms with Gasteiger partial charge in [-0.3, -0.25) is 14.2 Å². The van der Waals surface area contributed by atoms with E-state index in [1.807, 2.05) is 0 Å². The number of nitrogens with two attached hydrogens (primary N) is 1. The van der Waals surface area contributed by atoms with Crippen molar-refractivity contribution in [2.45, 2.75) is 11.4 Å². The zero-order valence-electron chi connectivity index (χ0n) is 13.6. The summed E-state index contributed by atoms with van der Waals surface area (Å²) >= 11 is 5.84. The van der Waals surface area contributed by atoms with Crippen LogP contribution in [0.3, 0.4) is 0 Å². The third kappa shape index (κ3) is 2.75. The van der Waals surface area contributed by atoms with E-state index < -0.39 is 21.7 Å². The van der Waals surface area contributed by atoms with Gasteiger partial charge in [-0.2, -0.15) is 5.10 Å². The number of aromatic nitrogens is 2. The molecule has 0 spiro atoms. The number of hydrogen-bond donors (Lipinski definition) is 2. The summed E-state index contributed by atoms with van der Waals surface area (Å²) in [5.74, 6) is -1.36. The summed E-state index contributed by atoms with van der Waals surface area (Å²) in [6.45, 7) is -0.173. The van der Waals surface area contributed by atoms with Crippen molar-refractivity contribution >= 4 is 33.2 Å². The van der Waals surface area contributed by atoms with Crippen LogP contribution in [0.1, 0.15) is 16.1 Å². The van der Waals surface area contributed by atoms with Crippen LogP contribution in [0, 0.1) is 5.82 Å². The molecule has 1 aliphatic rings. The molecular weight excluding hydrogens is 395 g/mol. The Morgan fingerprint density at radius 1 is 1.22 bits per heavy atom. The number of sulfonamides is 1. The van der Waals surface area contributed by atoms with Gasteiger partial charge in [0.1, 0.15) is 5.82 Å². The number of primary amides is 1. The summed E-state index contributed by atoms with van der Waals surface area (Å²) in [4.78, 5) is 11.7. The van der Waals surface area contributed by atoms with Gasteiger partial charge in [-0.05, 0) is 42.5 Å². The number of aromatic amines is 1. The van der Waals surface area contributed by atoms with Crippen molar-refractivity contribution in [2.75, 3.05) is 4.31 Å². The molecule has 3 aromatic rings. The van der Waals surface area contributed by atoms with E-state index in [-0.39, 0.29) is 33.9 Å². The van der Waals surface area contributed by atoms with Gasteiger partial charge in [0.15, 0.2) is 5.69 Å². The number of amides is 1. The highest BCUT2D eigenvalue weighted by Gasteiger charge is 2.35. The van der Waals surface area contributed by atoms with Crippen molar-refractivity contribution in [3.63, 3.8) is 0 Å². The normalized spacial score (nSPS) is 13.2. The van der Waals surface area contributed by atoms with Gasteiger partial charge in [-0.1, -0.05) is 11.6 Å². The van der Waals surface area contributed by atoms with Gasteiger partial charge in [0.25, 0.3) is 15.9 Å². The van der Waals surface area contributed by atoms with E-state index in [0.29, 0.717) is 10.7 Å². The lowest BCUT2D eigenvalue weighted by Gasteiger charge is -2.30. The van der Waals surface area contributed by atoms with Crippen LogP contribution in [0.4, 0.5) is 10.1 Å². The Kier molecular flexibility index (Phi) is 3.93. The van der Waals surface area contributed by atoms with Gasteiger partial charge < -0.3 is 5.73 Å². The first-order valence-electron chi connectivity index (χ1n) is 7.74. The Bertz CT molecular complexity index is 1180. The maximum atomic E-state index is 13.8. The minimum atomic E-state index is -4.01. The number of benzene rings is 2. The van der Waals surface area contributed by atoms with Crippen molar-refractivity contribution in [1.29, 1.82) is 0 Å². The molecule has 27 heavy (non-hydrogen) atoms. The maximum Gasteiger partial charge on any atom is 0.269 e. The van der Waals surface area contributed by atoms with Gasteiger partial charge in [-0.25, -0.2) is 12.8 Å². The Morgan fingerprint density at radius 2 is 1.93 bits per heavy atom. The molecule has 2 heterocycles. The summed E-state index contributed by atoms with van der Waals surface area (Å²) in [6.07, 6.45) is 0. The molecule has 0 fully saturated rings. The fourth-order valence-electron chi connectivity index (χ4n) is 3.05. The number of fused-ring (bicyclic) bond motifs is 3. The van der Waals surface area contributed by atoms with Crippen LogP contribution in [0.2, 0.25) is 5.02 Å². The zero-order valence-corrected chi connectivity index (χ0v) is 15.2. The quantitative estimate of drug-likeness (QED) is 0.696. The number of hydrogen-bond acceptors (Lipinski definition) is 4. The molecule has 0 atom stereocenters. The average molecular weight is 407 g/mol. The zero-order chi connectivity index (χ0) is 19.3. The molecule has 3 N–H and O–H groups in total. The van der Waals surface area contributed by atoms with E-state index >= 15 is 0 Å². The van der Waals surface area contributed by atoms with E-state index in [0.717, 1.165) is 4.31 Å². The van der Waals surface area contributed by atoms with Crippen molar-refractivity contribution < 1.29 is 17.6 Å². The lowest BCUT2D eigenvalue weighted by molar-refractivity contribution is 0.0994. The highest BCUT2D eigenvalue weighted by Crippen LogP contribution is 2.42. The number of rotatable bonds is 3. The Morgan fingerprint density at radius 3 is 2.59 bits per heavy atom. The molecule has 0 unspecified atom stereocenters. The van der Waals surface area contributed by atoms with Gasteiger partial charge in [-0.15, -0.1) is 0 Å². The average Bonchev–Trinajstić information content (AvgIpc) is 3.06. The highest BCUT2D eigenvalue weighted by molar-refractivity contribution is 7.92. The molecular formula is C17H12ClFN4O3S. The van der Waals surface area contributed by atoms with Crippen LogP contribution in [-0.2, 0) is 16.6 Å². The summed E-state index contributed by atoms with van der Waals surface area (Å²) in [5.41, 5.74) is 6.44. The summed E-state index contributed by atoms with van der Waals surface area (Å²) in [7, 11) is -4.01. The van der Waals surface area contributed by atoms with Crippen LogP contribution in [0.5, 0.6) is 0 Å². The van der Waals surface area contributed by atoms with Crippen molar-refractivity contribution in [1.82, 2.24) is 10.2 Å². The number of anilines is 1. The molecule has 0 bridgehead atoms. The maximum absolute atomic E-state index is 13.8. The second kappa shape index (κ2) is 6.07. The molecule has 0 saturated carbocycles. The Balaban J connectivity index is 1.94. The fraction of sp³-hybridized carbons (Fsp3) is 0.0588. The number of carbonyl (C=O) groups excluding carboxylic acids is 1. The van der Waals surface area contributed by atoms with Crippen molar-refractivity contribution in [3.05, 3.63) is 64.6 Å². The van der Waals surface area contributed by atoms with Crippen LogP contribution >= 0.6 is 11.6 Å². The standard InChI is InChI=1S/C17H12ClFN4O3S/c18-9-1-4-11(5-2-9)27(25,26)23-8-13-15(21-22-16(13)17(20)24)12-7-10(19)3-6-14(12)23/h1-7H,8H2,(H2,20,24)(H,21,22). The third-order valence-electron chi connectivity index (χ3n) is 4.30. The first-order valence-corrected chi connectivity index (χ1v) is 9.56. The molecule has 0 saturated heterocycles. The molecule has 0 aliphatic carbocycles. The predicted molar refractivity (Wildman–Crippen MR) is 97.3 cm³/mol. The molecule has 7 nitrogen and oxygen atoms in total. The SMILES string of the molecule is NC(=O)c1n[nH]c2c1CN(S(=O)(=O)c1ccc(Cl)cc1)c1ccc(F)cc1-2. The van der Waals surface area contributed by atoms with E-state index in [9.17, 15) is 17.6 Å². The van der Waals surface area contributed by atoms with E-state index in [1.165, 1.54) is 42.5 Å². The largest absolute Gasteiger partial charge is 0.364 e. The first-order chi connectivity index (χ1) is 12.8. The van der Waals surface area contributed by atoms with Gasteiger partial charge in [0, 0.05) is 16.1 Å². The molecule has 4 rings (SSSR count).